The van der Waals surface area contributed by atoms with Crippen LogP contribution in [0.3, 0.4) is 0 Å². The molecule has 0 fully saturated rings. The van der Waals surface area contributed by atoms with E-state index >= 15 is 0 Å². The first-order valence-electron chi connectivity index (χ1n) is 2.46. The Balaban J connectivity index is 2.31. The molecule has 0 spiro atoms. The zero-order valence-corrected chi connectivity index (χ0v) is 5.58. The molecule has 2 nitrogen and oxygen atoms in total. The third-order valence-electron chi connectivity index (χ3n) is 0.775. The molecule has 1 unspecified atom stereocenters. The molecule has 0 aliphatic carbocycles. The lowest BCUT2D eigenvalue weighted by Crippen LogP contribution is -2.18. The number of rotatable bonds is 1. The number of halogens is 3. The van der Waals surface area contributed by atoms with Gasteiger partial charge < -0.3 is 0 Å². The molecule has 10 heavy (non-hydrogen) atoms. The zero-order chi connectivity index (χ0) is 7.61. The summed E-state index contributed by atoms with van der Waals surface area (Å²) in [5, 5.41) is 0. The van der Waals surface area contributed by atoms with Crippen molar-refractivity contribution in [2.45, 2.75) is 11.9 Å². The molecule has 0 amide bonds. The number of hydrogen-bond acceptors (Lipinski definition) is 3. The minimum Gasteiger partial charge on any atom is -0.256 e. The zero-order valence-electron chi connectivity index (χ0n) is 4.76. The first-order valence-corrected chi connectivity index (χ1v) is 3.50. The van der Waals surface area contributed by atoms with Gasteiger partial charge >= 0.3 is 6.36 Å². The van der Waals surface area contributed by atoms with Gasteiger partial charge in [0.25, 0.3) is 0 Å². The van der Waals surface area contributed by atoms with Crippen molar-refractivity contribution in [3.63, 3.8) is 0 Å². The van der Waals surface area contributed by atoms with Gasteiger partial charge in [-0.05, 0) is 0 Å². The second kappa shape index (κ2) is 2.79. The van der Waals surface area contributed by atoms with Crippen LogP contribution in [0.5, 0.6) is 0 Å². The minimum absolute atomic E-state index is 0.487. The standard InChI is InChI=1S/C4H4F3NOS/c5-4(6,7)9-3-8-1-2-10-3/h1,3H,2H2. The third-order valence-corrected chi connectivity index (χ3v) is 1.62. The molecule has 58 valence electrons. The van der Waals surface area contributed by atoms with Crippen LogP contribution < -0.4 is 0 Å². The van der Waals surface area contributed by atoms with Crippen molar-refractivity contribution in [1.29, 1.82) is 0 Å². The van der Waals surface area contributed by atoms with Crippen LogP contribution in [0.25, 0.3) is 0 Å². The quantitative estimate of drug-likeness (QED) is 0.598. The Bertz CT molecular complexity index is 146. The Labute approximate surface area is 59.5 Å². The van der Waals surface area contributed by atoms with Crippen molar-refractivity contribution in [2.75, 3.05) is 5.75 Å². The van der Waals surface area contributed by atoms with Gasteiger partial charge in [-0.1, -0.05) is 0 Å². The molecule has 0 radical (unpaired) electrons. The van der Waals surface area contributed by atoms with E-state index in [1.165, 1.54) is 6.21 Å². The van der Waals surface area contributed by atoms with Crippen molar-refractivity contribution in [1.82, 2.24) is 0 Å². The van der Waals surface area contributed by atoms with Crippen LogP contribution in [0, 0.1) is 0 Å². The molecule has 1 rings (SSSR count). The number of nitrogens with zero attached hydrogens (tertiary/aromatic N) is 1. The predicted molar refractivity (Wildman–Crippen MR) is 31.9 cm³/mol. The highest BCUT2D eigenvalue weighted by molar-refractivity contribution is 8.00. The van der Waals surface area contributed by atoms with Gasteiger partial charge in [-0.3, -0.25) is 9.73 Å². The van der Waals surface area contributed by atoms with Crippen molar-refractivity contribution in [2.24, 2.45) is 4.99 Å². The van der Waals surface area contributed by atoms with Gasteiger partial charge in [0, 0.05) is 12.0 Å². The minimum atomic E-state index is -4.57. The molecule has 1 atom stereocenters. The van der Waals surface area contributed by atoms with Crippen LogP contribution in [0.1, 0.15) is 0 Å². The van der Waals surface area contributed by atoms with E-state index in [1.807, 2.05) is 0 Å². The van der Waals surface area contributed by atoms with Gasteiger partial charge in [0.2, 0.25) is 5.56 Å². The van der Waals surface area contributed by atoms with Gasteiger partial charge in [0.15, 0.2) is 0 Å². The maximum absolute atomic E-state index is 11.4. The highest BCUT2D eigenvalue weighted by atomic mass is 32.2. The van der Waals surface area contributed by atoms with Crippen LogP contribution in [0.4, 0.5) is 13.2 Å². The molecule has 1 aliphatic heterocycles. The highest BCUT2D eigenvalue weighted by Crippen LogP contribution is 2.26. The fourth-order valence-corrected chi connectivity index (χ4v) is 1.16. The smallest absolute Gasteiger partial charge is 0.256 e. The molecule has 0 aromatic heterocycles. The molecular formula is C4H4F3NOS. The number of ether oxygens (including phenoxy) is 1. The Kier molecular flexibility index (Phi) is 2.20. The Morgan fingerprint density at radius 1 is 1.60 bits per heavy atom. The van der Waals surface area contributed by atoms with Gasteiger partial charge in [0.05, 0.1) is 0 Å². The molecular weight excluding hydrogens is 167 g/mol. The largest absolute Gasteiger partial charge is 0.525 e. The van der Waals surface area contributed by atoms with Crippen molar-refractivity contribution in [3.05, 3.63) is 0 Å². The lowest BCUT2D eigenvalue weighted by molar-refractivity contribution is -0.329. The van der Waals surface area contributed by atoms with E-state index in [0.717, 1.165) is 11.8 Å². The molecule has 1 aliphatic rings. The molecule has 0 N–H and O–H groups in total. The summed E-state index contributed by atoms with van der Waals surface area (Å²) in [6.07, 6.45) is -3.17. The first-order chi connectivity index (χ1) is 4.58. The molecule has 0 aromatic carbocycles. The van der Waals surface area contributed by atoms with E-state index in [4.69, 9.17) is 0 Å². The Morgan fingerprint density at radius 2 is 2.30 bits per heavy atom. The average molecular weight is 171 g/mol. The average Bonchev–Trinajstić information content (AvgIpc) is 2.12. The summed E-state index contributed by atoms with van der Waals surface area (Å²) in [5.41, 5.74) is -1.08. The van der Waals surface area contributed by atoms with Gasteiger partial charge in [0.1, 0.15) is 0 Å². The Hall–Kier alpha value is -0.230. The van der Waals surface area contributed by atoms with Crippen LogP contribution >= 0.6 is 11.8 Å². The second-order valence-electron chi connectivity index (χ2n) is 1.54. The molecule has 0 saturated heterocycles. The number of thioether (sulfide) groups is 1. The van der Waals surface area contributed by atoms with Crippen molar-refractivity contribution >= 4 is 18.0 Å². The van der Waals surface area contributed by atoms with Gasteiger partial charge in [-0.15, -0.1) is 24.9 Å². The molecule has 1 heterocycles. The number of alkyl halides is 3. The summed E-state index contributed by atoms with van der Waals surface area (Å²) >= 11 is 1.00. The fraction of sp³-hybridized carbons (Fsp3) is 0.750. The van der Waals surface area contributed by atoms with E-state index in [-0.39, 0.29) is 0 Å². The Morgan fingerprint density at radius 3 is 2.70 bits per heavy atom. The maximum Gasteiger partial charge on any atom is 0.525 e. The lowest BCUT2D eigenvalue weighted by atomic mass is 10.9. The molecule has 0 bridgehead atoms. The molecule has 0 saturated carbocycles. The number of aliphatic imine (C=N–C) groups is 1. The third kappa shape index (κ3) is 2.57. The highest BCUT2D eigenvalue weighted by Gasteiger charge is 2.34. The van der Waals surface area contributed by atoms with Crippen LogP contribution in [0.2, 0.25) is 0 Å². The summed E-state index contributed by atoms with van der Waals surface area (Å²) < 4.78 is 37.8. The van der Waals surface area contributed by atoms with Crippen molar-refractivity contribution < 1.29 is 17.9 Å². The number of hydrogen-bond donors (Lipinski definition) is 0. The van der Waals surface area contributed by atoms with E-state index in [9.17, 15) is 13.2 Å². The molecule has 0 aromatic rings. The maximum atomic E-state index is 11.4. The van der Waals surface area contributed by atoms with E-state index in [2.05, 4.69) is 9.73 Å². The van der Waals surface area contributed by atoms with Crippen molar-refractivity contribution in [3.8, 4) is 0 Å². The van der Waals surface area contributed by atoms with E-state index in [0.29, 0.717) is 5.75 Å². The van der Waals surface area contributed by atoms with E-state index in [1.54, 1.807) is 0 Å². The van der Waals surface area contributed by atoms with E-state index < -0.39 is 11.9 Å². The topological polar surface area (TPSA) is 21.6 Å². The van der Waals surface area contributed by atoms with Crippen LogP contribution in [-0.2, 0) is 4.74 Å². The predicted octanol–water partition coefficient (Wildman–Crippen LogP) is 1.62. The summed E-state index contributed by atoms with van der Waals surface area (Å²) in [6.45, 7) is 0. The van der Waals surface area contributed by atoms with Crippen LogP contribution in [-0.4, -0.2) is 23.9 Å². The second-order valence-corrected chi connectivity index (χ2v) is 2.61. The summed E-state index contributed by atoms with van der Waals surface area (Å²) in [7, 11) is 0. The monoisotopic (exact) mass is 171 g/mol. The molecule has 6 heteroatoms. The summed E-state index contributed by atoms with van der Waals surface area (Å²) in [4.78, 5) is 3.42. The SMILES string of the molecule is FC(F)(F)OC1N=CCS1. The summed E-state index contributed by atoms with van der Waals surface area (Å²) in [6, 6.07) is 0. The summed E-state index contributed by atoms with van der Waals surface area (Å²) in [5.74, 6) is 0.487. The fourth-order valence-electron chi connectivity index (χ4n) is 0.476. The van der Waals surface area contributed by atoms with Gasteiger partial charge in [-0.25, -0.2) is 0 Å². The normalized spacial score (nSPS) is 25.7. The van der Waals surface area contributed by atoms with Crippen LogP contribution in [0.15, 0.2) is 4.99 Å². The first kappa shape index (κ1) is 7.87. The lowest BCUT2D eigenvalue weighted by Gasteiger charge is -2.09. The van der Waals surface area contributed by atoms with Gasteiger partial charge in [-0.2, -0.15) is 0 Å².